The molecule has 3 aromatic carbocycles. The number of hydrogen-bond donors (Lipinski definition) is 1. The molecule has 0 fully saturated rings. The Kier molecular flexibility index (Phi) is 5.94. The third kappa shape index (κ3) is 4.99. The molecule has 0 unspecified atom stereocenters. The number of rotatable bonds is 7. The highest BCUT2D eigenvalue weighted by Gasteiger charge is 2.25. The molecule has 0 amide bonds. The van der Waals surface area contributed by atoms with E-state index in [1.807, 2.05) is 50.2 Å². The fraction of sp³-hybridized carbons (Fsp3) is 0.0833. The van der Waals surface area contributed by atoms with Crippen LogP contribution in [0.4, 0.5) is 17.2 Å². The minimum absolute atomic E-state index is 0.0288. The Morgan fingerprint density at radius 2 is 1.47 bits per heavy atom. The van der Waals surface area contributed by atoms with Gasteiger partial charge in [0.1, 0.15) is 23.6 Å². The summed E-state index contributed by atoms with van der Waals surface area (Å²) >= 11 is 0. The molecule has 4 aromatic rings. The second-order valence-corrected chi connectivity index (χ2v) is 7.12. The number of nitrogens with zero attached hydrogens (tertiary/aromatic N) is 3. The van der Waals surface area contributed by atoms with Crippen molar-refractivity contribution in [2.24, 2.45) is 0 Å². The quantitative estimate of drug-likeness (QED) is 0.271. The van der Waals surface area contributed by atoms with E-state index >= 15 is 0 Å². The zero-order valence-corrected chi connectivity index (χ0v) is 17.5. The van der Waals surface area contributed by atoms with Crippen molar-refractivity contribution in [3.63, 3.8) is 0 Å². The average Bonchev–Trinajstić information content (AvgIpc) is 2.75. The van der Waals surface area contributed by atoms with Gasteiger partial charge in [-0.15, -0.1) is 0 Å². The molecule has 1 N–H and O–H groups in total. The fourth-order valence-electron chi connectivity index (χ4n) is 3.16. The first-order chi connectivity index (χ1) is 15.5. The Morgan fingerprint density at radius 1 is 0.812 bits per heavy atom. The molecular formula is C24H20N4O4. The fourth-order valence-corrected chi connectivity index (χ4v) is 3.16. The van der Waals surface area contributed by atoms with E-state index in [-0.39, 0.29) is 17.4 Å². The maximum atomic E-state index is 11.8. The molecule has 0 saturated heterocycles. The lowest BCUT2D eigenvalue weighted by Crippen LogP contribution is -2.03. The molecule has 0 radical (unpaired) electrons. The third-order valence-electron chi connectivity index (χ3n) is 4.48. The number of nitro groups is 1. The van der Waals surface area contributed by atoms with Crippen molar-refractivity contribution in [2.45, 2.75) is 13.8 Å². The predicted octanol–water partition coefficient (Wildman–Crippen LogP) is 6.33. The summed E-state index contributed by atoms with van der Waals surface area (Å²) in [4.78, 5) is 19.3. The van der Waals surface area contributed by atoms with Crippen LogP contribution in [0, 0.1) is 24.0 Å². The smallest absolute Gasteiger partial charge is 0.373 e. The van der Waals surface area contributed by atoms with Crippen LogP contribution >= 0.6 is 0 Å². The second-order valence-electron chi connectivity index (χ2n) is 7.12. The first-order valence-corrected chi connectivity index (χ1v) is 9.83. The molecule has 0 aliphatic carbocycles. The van der Waals surface area contributed by atoms with Crippen LogP contribution in [-0.4, -0.2) is 14.9 Å². The first-order valence-electron chi connectivity index (χ1n) is 9.83. The predicted molar refractivity (Wildman–Crippen MR) is 121 cm³/mol. The van der Waals surface area contributed by atoms with E-state index in [0.717, 1.165) is 11.1 Å². The van der Waals surface area contributed by atoms with Crippen molar-refractivity contribution < 1.29 is 14.4 Å². The summed E-state index contributed by atoms with van der Waals surface area (Å²) in [5, 5.41) is 14.8. The van der Waals surface area contributed by atoms with Crippen LogP contribution in [0.5, 0.6) is 23.1 Å². The number of benzene rings is 3. The van der Waals surface area contributed by atoms with Gasteiger partial charge < -0.3 is 14.8 Å². The molecule has 160 valence electrons. The van der Waals surface area contributed by atoms with Gasteiger partial charge in [0.05, 0.1) is 4.92 Å². The molecule has 0 spiro atoms. The lowest BCUT2D eigenvalue weighted by molar-refractivity contribution is -0.385. The van der Waals surface area contributed by atoms with Crippen molar-refractivity contribution in [3.8, 4) is 23.1 Å². The molecule has 8 heteroatoms. The van der Waals surface area contributed by atoms with Crippen molar-refractivity contribution in [1.29, 1.82) is 0 Å². The Hall–Kier alpha value is -4.46. The molecule has 0 bridgehead atoms. The minimum Gasteiger partial charge on any atom is -0.457 e. The standard InChI is InChI=1S/C24H20N4O4/c1-16-12-17(2)14-21(13-16)32-24-22(28(29)30)23(25-15-26-24)27-18-8-10-20(11-9-18)31-19-6-4-3-5-7-19/h3-15H,1-2H3,(H,25,26,27). The molecule has 1 aromatic heterocycles. The maximum Gasteiger partial charge on any atom is 0.373 e. The molecule has 0 aliphatic heterocycles. The number of aryl methyl sites for hydroxylation is 2. The molecule has 4 rings (SSSR count). The number of aromatic nitrogens is 2. The Balaban J connectivity index is 1.57. The van der Waals surface area contributed by atoms with Crippen molar-refractivity contribution in [1.82, 2.24) is 9.97 Å². The summed E-state index contributed by atoms with van der Waals surface area (Å²) in [6.07, 6.45) is 1.22. The molecule has 32 heavy (non-hydrogen) atoms. The first kappa shape index (κ1) is 20.8. The van der Waals surface area contributed by atoms with Gasteiger partial charge in [0.25, 0.3) is 0 Å². The highest BCUT2D eigenvalue weighted by Crippen LogP contribution is 2.36. The van der Waals surface area contributed by atoms with Crippen molar-refractivity contribution in [2.75, 3.05) is 5.32 Å². The van der Waals surface area contributed by atoms with Gasteiger partial charge in [-0.05, 0) is 73.5 Å². The van der Waals surface area contributed by atoms with Crippen LogP contribution in [0.2, 0.25) is 0 Å². The number of hydrogen-bond acceptors (Lipinski definition) is 7. The van der Waals surface area contributed by atoms with Gasteiger partial charge in [0.15, 0.2) is 0 Å². The summed E-state index contributed by atoms with van der Waals surface area (Å²) in [6, 6.07) is 22.0. The van der Waals surface area contributed by atoms with Crippen molar-refractivity contribution in [3.05, 3.63) is 100 Å². The molecule has 1 heterocycles. The van der Waals surface area contributed by atoms with E-state index in [1.165, 1.54) is 6.33 Å². The minimum atomic E-state index is -0.562. The molecular weight excluding hydrogens is 408 g/mol. The van der Waals surface area contributed by atoms with E-state index in [0.29, 0.717) is 22.9 Å². The topological polar surface area (TPSA) is 99.4 Å². The number of anilines is 2. The van der Waals surface area contributed by atoms with E-state index in [1.54, 1.807) is 36.4 Å². The highest BCUT2D eigenvalue weighted by molar-refractivity contribution is 5.69. The normalized spacial score (nSPS) is 10.4. The summed E-state index contributed by atoms with van der Waals surface area (Å²) in [5.41, 5.74) is 2.21. The number of nitrogens with one attached hydrogen (secondary N) is 1. The largest absolute Gasteiger partial charge is 0.457 e. The second kappa shape index (κ2) is 9.13. The summed E-state index contributed by atoms with van der Waals surface area (Å²) in [7, 11) is 0. The van der Waals surface area contributed by atoms with Gasteiger partial charge >= 0.3 is 11.6 Å². The van der Waals surface area contributed by atoms with Gasteiger partial charge in [-0.3, -0.25) is 10.1 Å². The van der Waals surface area contributed by atoms with Crippen LogP contribution in [0.1, 0.15) is 11.1 Å². The average molecular weight is 428 g/mol. The molecule has 8 nitrogen and oxygen atoms in total. The third-order valence-corrected chi connectivity index (χ3v) is 4.48. The lowest BCUT2D eigenvalue weighted by Gasteiger charge is -2.11. The van der Waals surface area contributed by atoms with Gasteiger partial charge in [-0.1, -0.05) is 24.3 Å². The monoisotopic (exact) mass is 428 g/mol. The SMILES string of the molecule is Cc1cc(C)cc(Oc2ncnc(Nc3ccc(Oc4ccccc4)cc3)c2[N+](=O)[O-])c1. The van der Waals surface area contributed by atoms with E-state index in [9.17, 15) is 10.1 Å². The number of para-hydroxylation sites is 1. The Morgan fingerprint density at radius 3 is 2.12 bits per heavy atom. The summed E-state index contributed by atoms with van der Waals surface area (Å²) < 4.78 is 11.5. The summed E-state index contributed by atoms with van der Waals surface area (Å²) in [5.74, 6) is 1.71. The zero-order valence-electron chi connectivity index (χ0n) is 17.5. The molecule has 0 aliphatic rings. The van der Waals surface area contributed by atoms with Crippen LogP contribution in [0.25, 0.3) is 0 Å². The van der Waals surface area contributed by atoms with E-state index in [4.69, 9.17) is 9.47 Å². The van der Waals surface area contributed by atoms with Gasteiger partial charge in [-0.25, -0.2) is 4.98 Å². The van der Waals surface area contributed by atoms with Crippen LogP contribution in [0.15, 0.2) is 79.1 Å². The lowest BCUT2D eigenvalue weighted by atomic mass is 10.1. The van der Waals surface area contributed by atoms with E-state index < -0.39 is 4.92 Å². The summed E-state index contributed by atoms with van der Waals surface area (Å²) in [6.45, 7) is 3.85. The molecule has 0 saturated carbocycles. The van der Waals surface area contributed by atoms with Crippen molar-refractivity contribution >= 4 is 17.2 Å². The van der Waals surface area contributed by atoms with Crippen LogP contribution in [0.3, 0.4) is 0 Å². The van der Waals surface area contributed by atoms with Gasteiger partial charge in [0, 0.05) is 5.69 Å². The number of ether oxygens (including phenoxy) is 2. The Bertz CT molecular complexity index is 1220. The Labute approximate surface area is 184 Å². The van der Waals surface area contributed by atoms with Crippen LogP contribution in [-0.2, 0) is 0 Å². The highest BCUT2D eigenvalue weighted by atomic mass is 16.6. The zero-order chi connectivity index (χ0) is 22.5. The van der Waals surface area contributed by atoms with Gasteiger partial charge in [0.2, 0.25) is 5.82 Å². The maximum absolute atomic E-state index is 11.8. The van der Waals surface area contributed by atoms with Crippen LogP contribution < -0.4 is 14.8 Å². The molecule has 0 atom stereocenters. The van der Waals surface area contributed by atoms with E-state index in [2.05, 4.69) is 15.3 Å². The van der Waals surface area contributed by atoms with Gasteiger partial charge in [-0.2, -0.15) is 4.98 Å².